The SMILES string of the molecule is O=c1[nH]c(=O)c2cc(C(F)(F)F)c(Cl)c(SCC3(CO)COC3)c2[nH]1. The molecule has 136 valence electrons. The summed E-state index contributed by atoms with van der Waals surface area (Å²) in [6.45, 7) is 0.329. The molecule has 0 bridgehead atoms. The largest absolute Gasteiger partial charge is 0.417 e. The number of hydrogen-bond acceptors (Lipinski definition) is 5. The number of aromatic nitrogens is 2. The van der Waals surface area contributed by atoms with Crippen LogP contribution in [0.5, 0.6) is 0 Å². The van der Waals surface area contributed by atoms with E-state index in [4.69, 9.17) is 16.3 Å². The number of halogens is 4. The lowest BCUT2D eigenvalue weighted by molar-refractivity contribution is -0.137. The maximum atomic E-state index is 13.2. The van der Waals surface area contributed by atoms with Gasteiger partial charge in [-0.15, -0.1) is 11.8 Å². The van der Waals surface area contributed by atoms with E-state index < -0.39 is 33.4 Å². The van der Waals surface area contributed by atoms with Crippen molar-refractivity contribution in [2.24, 2.45) is 5.41 Å². The summed E-state index contributed by atoms with van der Waals surface area (Å²) in [6.07, 6.45) is -4.77. The molecule has 3 N–H and O–H groups in total. The maximum Gasteiger partial charge on any atom is 0.417 e. The Morgan fingerprint density at radius 2 is 2.00 bits per heavy atom. The number of hydrogen-bond donors (Lipinski definition) is 3. The second-order valence-corrected chi connectivity index (χ2v) is 7.20. The van der Waals surface area contributed by atoms with Crippen molar-refractivity contribution >= 4 is 34.3 Å². The number of H-pyrrole nitrogens is 2. The quantitative estimate of drug-likeness (QED) is 0.687. The number of rotatable bonds is 4. The first-order chi connectivity index (χ1) is 11.7. The van der Waals surface area contributed by atoms with Gasteiger partial charge in [0.1, 0.15) is 0 Å². The summed E-state index contributed by atoms with van der Waals surface area (Å²) in [4.78, 5) is 27.6. The molecule has 3 rings (SSSR count). The lowest BCUT2D eigenvalue weighted by Crippen LogP contribution is -2.47. The van der Waals surface area contributed by atoms with Crippen LogP contribution in [0.1, 0.15) is 5.56 Å². The van der Waals surface area contributed by atoms with Crippen molar-refractivity contribution in [3.05, 3.63) is 37.5 Å². The normalized spacial score (nSPS) is 16.8. The lowest BCUT2D eigenvalue weighted by atomic mass is 9.90. The minimum Gasteiger partial charge on any atom is -0.396 e. The number of ether oxygens (including phenoxy) is 1. The summed E-state index contributed by atoms with van der Waals surface area (Å²) in [5.41, 5.74) is -3.60. The Kier molecular flexibility index (Phi) is 4.65. The Morgan fingerprint density at radius 3 is 2.52 bits per heavy atom. The van der Waals surface area contributed by atoms with Gasteiger partial charge in [0.2, 0.25) is 0 Å². The van der Waals surface area contributed by atoms with Crippen molar-refractivity contribution < 1.29 is 23.0 Å². The van der Waals surface area contributed by atoms with Crippen molar-refractivity contribution in [1.29, 1.82) is 0 Å². The fourth-order valence-corrected chi connectivity index (χ4v) is 4.10. The minimum absolute atomic E-state index is 0.0607. The van der Waals surface area contributed by atoms with E-state index in [0.29, 0.717) is 6.07 Å². The van der Waals surface area contributed by atoms with E-state index in [1.165, 1.54) is 0 Å². The van der Waals surface area contributed by atoms with Crippen LogP contribution < -0.4 is 11.2 Å². The number of fused-ring (bicyclic) bond motifs is 1. The van der Waals surface area contributed by atoms with Gasteiger partial charge in [-0.1, -0.05) is 11.6 Å². The Hall–Kier alpha value is -1.49. The van der Waals surface area contributed by atoms with Gasteiger partial charge < -0.3 is 14.8 Å². The van der Waals surface area contributed by atoms with Crippen LogP contribution in [0, 0.1) is 5.41 Å². The number of thioether (sulfide) groups is 1. The summed E-state index contributed by atoms with van der Waals surface area (Å²) >= 11 is 6.88. The maximum absolute atomic E-state index is 13.2. The minimum atomic E-state index is -4.77. The molecule has 0 atom stereocenters. The molecule has 11 heteroatoms. The summed E-state index contributed by atoms with van der Waals surface area (Å²) in [6, 6.07) is 0.616. The van der Waals surface area contributed by atoms with Gasteiger partial charge in [-0.2, -0.15) is 13.2 Å². The van der Waals surface area contributed by atoms with Crippen molar-refractivity contribution in [3.8, 4) is 0 Å². The Bertz CT molecular complexity index is 931. The predicted molar refractivity (Wildman–Crippen MR) is 86.3 cm³/mol. The third-order valence-corrected chi connectivity index (χ3v) is 5.87. The molecule has 1 aromatic heterocycles. The lowest BCUT2D eigenvalue weighted by Gasteiger charge is -2.39. The average molecular weight is 397 g/mol. The molecule has 1 aliphatic rings. The predicted octanol–water partition coefficient (Wildman–Crippen LogP) is 1.99. The van der Waals surface area contributed by atoms with Gasteiger partial charge in [0.15, 0.2) is 0 Å². The molecule has 1 aromatic carbocycles. The number of aliphatic hydroxyl groups excluding tert-OH is 1. The molecule has 0 spiro atoms. The van der Waals surface area contributed by atoms with E-state index in [1.807, 2.05) is 4.98 Å². The smallest absolute Gasteiger partial charge is 0.396 e. The highest BCUT2D eigenvalue weighted by molar-refractivity contribution is 7.99. The molecule has 0 saturated carbocycles. The van der Waals surface area contributed by atoms with Gasteiger partial charge in [-0.25, -0.2) is 4.79 Å². The molecule has 25 heavy (non-hydrogen) atoms. The summed E-state index contributed by atoms with van der Waals surface area (Å²) in [7, 11) is 0. The van der Waals surface area contributed by atoms with E-state index in [2.05, 4.69) is 4.98 Å². The van der Waals surface area contributed by atoms with Gasteiger partial charge in [-0.3, -0.25) is 9.78 Å². The topological polar surface area (TPSA) is 95.2 Å². The highest BCUT2D eigenvalue weighted by Crippen LogP contribution is 2.44. The second kappa shape index (κ2) is 6.35. The second-order valence-electron chi connectivity index (χ2n) is 5.84. The molecular formula is C14H12ClF3N2O4S. The van der Waals surface area contributed by atoms with Crippen LogP contribution in [0.25, 0.3) is 10.9 Å². The first-order valence-electron chi connectivity index (χ1n) is 7.04. The van der Waals surface area contributed by atoms with Crippen LogP contribution in [0.2, 0.25) is 5.02 Å². The molecule has 2 aromatic rings. The van der Waals surface area contributed by atoms with Crippen LogP contribution in [0.4, 0.5) is 13.2 Å². The molecule has 0 aliphatic carbocycles. The fourth-order valence-electron chi connectivity index (χ4n) is 2.43. The monoisotopic (exact) mass is 396 g/mol. The van der Waals surface area contributed by atoms with Crippen LogP contribution >= 0.6 is 23.4 Å². The van der Waals surface area contributed by atoms with Crippen LogP contribution in [-0.2, 0) is 10.9 Å². The van der Waals surface area contributed by atoms with Gasteiger partial charge in [0, 0.05) is 11.2 Å². The molecule has 0 radical (unpaired) electrons. The molecule has 6 nitrogen and oxygen atoms in total. The standard InChI is InChI=1S/C14H12ClF3N2O4S/c15-8-7(14(16,17)18)1-6-9(19-12(23)20-11(6)22)10(8)25-5-13(2-21)3-24-4-13/h1,21H,2-5H2,(H2,19,20,22,23). The van der Waals surface area contributed by atoms with E-state index in [0.717, 1.165) is 11.8 Å². The van der Waals surface area contributed by atoms with Crippen LogP contribution in [-0.4, -0.2) is 40.6 Å². The fraction of sp³-hybridized carbons (Fsp3) is 0.429. The highest BCUT2D eigenvalue weighted by Gasteiger charge is 2.40. The van der Waals surface area contributed by atoms with Crippen molar-refractivity contribution in [1.82, 2.24) is 9.97 Å². The van der Waals surface area contributed by atoms with E-state index in [9.17, 15) is 27.9 Å². The summed E-state index contributed by atoms with van der Waals surface area (Å²) < 4.78 is 44.8. The van der Waals surface area contributed by atoms with E-state index >= 15 is 0 Å². The molecular weight excluding hydrogens is 385 g/mol. The van der Waals surface area contributed by atoms with Crippen molar-refractivity contribution in [3.63, 3.8) is 0 Å². The van der Waals surface area contributed by atoms with Crippen molar-refractivity contribution in [2.45, 2.75) is 11.1 Å². The van der Waals surface area contributed by atoms with Gasteiger partial charge in [0.25, 0.3) is 5.56 Å². The van der Waals surface area contributed by atoms with E-state index in [-0.39, 0.29) is 41.4 Å². The zero-order chi connectivity index (χ0) is 18.4. The zero-order valence-corrected chi connectivity index (χ0v) is 14.1. The molecule has 0 unspecified atom stereocenters. The third-order valence-electron chi connectivity index (χ3n) is 3.91. The van der Waals surface area contributed by atoms with Gasteiger partial charge in [0.05, 0.1) is 46.2 Å². The average Bonchev–Trinajstić information content (AvgIpc) is 2.46. The van der Waals surface area contributed by atoms with Gasteiger partial charge >= 0.3 is 11.9 Å². The van der Waals surface area contributed by atoms with E-state index in [1.54, 1.807) is 0 Å². The Morgan fingerprint density at radius 1 is 1.32 bits per heavy atom. The Labute approximate surface area is 147 Å². The first-order valence-corrected chi connectivity index (χ1v) is 8.41. The van der Waals surface area contributed by atoms with Crippen molar-refractivity contribution in [2.75, 3.05) is 25.6 Å². The van der Waals surface area contributed by atoms with Gasteiger partial charge in [-0.05, 0) is 6.07 Å². The first kappa shape index (κ1) is 18.3. The number of aliphatic hydroxyl groups is 1. The zero-order valence-electron chi connectivity index (χ0n) is 12.5. The number of benzene rings is 1. The number of nitrogens with one attached hydrogen (secondary N) is 2. The number of alkyl halides is 3. The highest BCUT2D eigenvalue weighted by atomic mass is 35.5. The molecule has 1 saturated heterocycles. The molecule has 0 amide bonds. The third kappa shape index (κ3) is 3.31. The summed E-state index contributed by atoms with van der Waals surface area (Å²) in [5, 5.41) is 8.53. The number of aromatic amines is 2. The van der Waals surface area contributed by atoms with Crippen LogP contribution in [0.3, 0.4) is 0 Å². The molecule has 1 fully saturated rings. The molecule has 1 aliphatic heterocycles. The molecule has 2 heterocycles. The summed E-state index contributed by atoms with van der Waals surface area (Å²) in [5.74, 6) is 0.217. The Balaban J connectivity index is 2.18. The van der Waals surface area contributed by atoms with Crippen LogP contribution in [0.15, 0.2) is 20.6 Å².